The first kappa shape index (κ1) is 10.5. The minimum atomic E-state index is -0.620. The third-order valence-electron chi connectivity index (χ3n) is 2.02. The standard InChI is InChI=1S/C9H9N5OS/c1-4-6(8(11)15)7(10)14-9(13-4)5-2-12-3-16-5/h2-3H,1H3,(H2,11,15)(H2,10,13,14). The number of amides is 1. The van der Waals surface area contributed by atoms with Gasteiger partial charge in [-0.05, 0) is 6.92 Å². The number of thiazole rings is 1. The molecule has 4 N–H and O–H groups in total. The maximum atomic E-state index is 11.1. The molecule has 0 atom stereocenters. The van der Waals surface area contributed by atoms with Crippen molar-refractivity contribution in [1.29, 1.82) is 0 Å². The van der Waals surface area contributed by atoms with E-state index in [0.29, 0.717) is 11.5 Å². The normalized spacial score (nSPS) is 10.3. The largest absolute Gasteiger partial charge is 0.383 e. The molecule has 7 heteroatoms. The molecule has 0 aliphatic heterocycles. The summed E-state index contributed by atoms with van der Waals surface area (Å²) in [6, 6.07) is 0. The highest BCUT2D eigenvalue weighted by Gasteiger charge is 2.15. The zero-order valence-corrected chi connectivity index (χ0v) is 9.28. The van der Waals surface area contributed by atoms with E-state index < -0.39 is 5.91 Å². The number of carbonyl (C=O) groups excluding carboxylic acids is 1. The summed E-state index contributed by atoms with van der Waals surface area (Å²) in [4.78, 5) is 24.0. The third-order valence-corrected chi connectivity index (χ3v) is 2.79. The summed E-state index contributed by atoms with van der Waals surface area (Å²) in [7, 11) is 0. The third kappa shape index (κ3) is 1.72. The van der Waals surface area contributed by atoms with Gasteiger partial charge in [0, 0.05) is 6.20 Å². The average molecular weight is 235 g/mol. The molecule has 16 heavy (non-hydrogen) atoms. The Balaban J connectivity index is 2.58. The molecule has 0 saturated carbocycles. The van der Waals surface area contributed by atoms with E-state index in [1.165, 1.54) is 11.3 Å². The van der Waals surface area contributed by atoms with Gasteiger partial charge in [-0.3, -0.25) is 9.78 Å². The molecular weight excluding hydrogens is 226 g/mol. The quantitative estimate of drug-likeness (QED) is 0.792. The SMILES string of the molecule is Cc1nc(-c2cncs2)nc(N)c1C(N)=O. The number of primary amides is 1. The second-order valence-electron chi connectivity index (χ2n) is 3.12. The molecule has 0 unspecified atom stereocenters. The van der Waals surface area contributed by atoms with Gasteiger partial charge in [-0.25, -0.2) is 9.97 Å². The van der Waals surface area contributed by atoms with Crippen molar-refractivity contribution in [1.82, 2.24) is 15.0 Å². The topological polar surface area (TPSA) is 108 Å². The fraction of sp³-hybridized carbons (Fsp3) is 0.111. The Labute approximate surface area is 95.4 Å². The number of anilines is 1. The van der Waals surface area contributed by atoms with Crippen LogP contribution in [0.15, 0.2) is 11.7 Å². The summed E-state index contributed by atoms with van der Waals surface area (Å²) in [6.07, 6.45) is 1.64. The highest BCUT2D eigenvalue weighted by molar-refractivity contribution is 7.13. The highest BCUT2D eigenvalue weighted by atomic mass is 32.1. The summed E-state index contributed by atoms with van der Waals surface area (Å²) in [5, 5.41) is 0. The van der Waals surface area contributed by atoms with E-state index in [1.807, 2.05) is 0 Å². The number of hydrogen-bond acceptors (Lipinski definition) is 6. The van der Waals surface area contributed by atoms with Gasteiger partial charge in [0.1, 0.15) is 11.4 Å². The van der Waals surface area contributed by atoms with Gasteiger partial charge in [-0.1, -0.05) is 0 Å². The highest BCUT2D eigenvalue weighted by Crippen LogP contribution is 2.22. The first-order valence-electron chi connectivity index (χ1n) is 4.42. The molecule has 2 aromatic heterocycles. The molecule has 0 radical (unpaired) electrons. The van der Waals surface area contributed by atoms with E-state index in [0.717, 1.165) is 4.88 Å². The van der Waals surface area contributed by atoms with Gasteiger partial charge in [-0.15, -0.1) is 11.3 Å². The Morgan fingerprint density at radius 1 is 1.44 bits per heavy atom. The Morgan fingerprint density at radius 3 is 2.69 bits per heavy atom. The van der Waals surface area contributed by atoms with Crippen LogP contribution in [0.1, 0.15) is 16.1 Å². The van der Waals surface area contributed by atoms with Crippen LogP contribution in [0.4, 0.5) is 5.82 Å². The summed E-state index contributed by atoms with van der Waals surface area (Å²) >= 11 is 1.40. The van der Waals surface area contributed by atoms with Crippen LogP contribution in [0.25, 0.3) is 10.7 Å². The van der Waals surface area contributed by atoms with Crippen LogP contribution in [-0.2, 0) is 0 Å². The summed E-state index contributed by atoms with van der Waals surface area (Å²) in [5.41, 5.74) is 13.2. The van der Waals surface area contributed by atoms with Gasteiger partial charge in [-0.2, -0.15) is 0 Å². The van der Waals surface area contributed by atoms with Gasteiger partial charge < -0.3 is 11.5 Å². The van der Waals surface area contributed by atoms with Crippen molar-refractivity contribution in [3.05, 3.63) is 23.0 Å². The van der Waals surface area contributed by atoms with E-state index in [9.17, 15) is 4.79 Å². The van der Waals surface area contributed by atoms with E-state index in [4.69, 9.17) is 11.5 Å². The Kier molecular flexibility index (Phi) is 2.53. The van der Waals surface area contributed by atoms with E-state index >= 15 is 0 Å². The van der Waals surface area contributed by atoms with Crippen LogP contribution in [0.2, 0.25) is 0 Å². The maximum absolute atomic E-state index is 11.1. The van der Waals surface area contributed by atoms with Gasteiger partial charge in [0.15, 0.2) is 5.82 Å². The van der Waals surface area contributed by atoms with Crippen LogP contribution in [-0.4, -0.2) is 20.9 Å². The lowest BCUT2D eigenvalue weighted by Gasteiger charge is -2.05. The van der Waals surface area contributed by atoms with Crippen molar-refractivity contribution in [3.8, 4) is 10.7 Å². The number of carbonyl (C=O) groups is 1. The number of nitrogens with zero attached hydrogens (tertiary/aromatic N) is 3. The lowest BCUT2D eigenvalue weighted by molar-refractivity contribution is 0.1000. The molecule has 0 fully saturated rings. The number of hydrogen-bond donors (Lipinski definition) is 2. The molecule has 2 rings (SSSR count). The average Bonchev–Trinajstić information content (AvgIpc) is 2.67. The molecule has 2 heterocycles. The van der Waals surface area contributed by atoms with Crippen molar-refractivity contribution < 1.29 is 4.79 Å². The zero-order chi connectivity index (χ0) is 11.7. The molecule has 2 aromatic rings. The van der Waals surface area contributed by atoms with E-state index in [-0.39, 0.29) is 11.4 Å². The smallest absolute Gasteiger partial charge is 0.254 e. The first-order valence-corrected chi connectivity index (χ1v) is 5.30. The summed E-state index contributed by atoms with van der Waals surface area (Å²) in [5.74, 6) is -0.0586. The number of aromatic nitrogens is 3. The Bertz CT molecular complexity index is 514. The van der Waals surface area contributed by atoms with Crippen molar-refractivity contribution in [3.63, 3.8) is 0 Å². The molecule has 6 nitrogen and oxygen atoms in total. The predicted octanol–water partition coefficient (Wildman–Crippen LogP) is 0.590. The van der Waals surface area contributed by atoms with Crippen molar-refractivity contribution in [2.24, 2.45) is 5.73 Å². The summed E-state index contributed by atoms with van der Waals surface area (Å²) < 4.78 is 0. The second-order valence-corrected chi connectivity index (χ2v) is 4.01. The molecule has 1 amide bonds. The zero-order valence-electron chi connectivity index (χ0n) is 8.47. The fourth-order valence-corrected chi connectivity index (χ4v) is 1.89. The first-order chi connectivity index (χ1) is 7.59. The molecular formula is C9H9N5OS. The van der Waals surface area contributed by atoms with Crippen LogP contribution in [0, 0.1) is 6.92 Å². The fourth-order valence-electron chi connectivity index (χ4n) is 1.34. The van der Waals surface area contributed by atoms with Gasteiger partial charge >= 0.3 is 0 Å². The van der Waals surface area contributed by atoms with Crippen LogP contribution >= 0.6 is 11.3 Å². The number of nitrogen functional groups attached to an aromatic ring is 1. The number of rotatable bonds is 2. The number of nitrogens with two attached hydrogens (primary N) is 2. The molecule has 0 aromatic carbocycles. The molecule has 0 saturated heterocycles. The molecule has 0 spiro atoms. The molecule has 0 aliphatic carbocycles. The van der Waals surface area contributed by atoms with Crippen molar-refractivity contribution >= 4 is 23.1 Å². The Morgan fingerprint density at radius 2 is 2.19 bits per heavy atom. The van der Waals surface area contributed by atoms with Crippen molar-refractivity contribution in [2.45, 2.75) is 6.92 Å². The minimum absolute atomic E-state index is 0.100. The second kappa shape index (κ2) is 3.86. The molecule has 0 bridgehead atoms. The lowest BCUT2D eigenvalue weighted by Crippen LogP contribution is -2.17. The Hall–Kier alpha value is -2.02. The van der Waals surface area contributed by atoms with Gasteiger partial charge in [0.05, 0.1) is 16.1 Å². The van der Waals surface area contributed by atoms with Crippen LogP contribution in [0.3, 0.4) is 0 Å². The minimum Gasteiger partial charge on any atom is -0.383 e. The van der Waals surface area contributed by atoms with E-state index in [2.05, 4.69) is 15.0 Å². The van der Waals surface area contributed by atoms with Crippen LogP contribution in [0.5, 0.6) is 0 Å². The number of aryl methyl sites for hydroxylation is 1. The monoisotopic (exact) mass is 235 g/mol. The van der Waals surface area contributed by atoms with Gasteiger partial charge in [0.25, 0.3) is 5.91 Å². The van der Waals surface area contributed by atoms with E-state index in [1.54, 1.807) is 18.6 Å². The van der Waals surface area contributed by atoms with Crippen molar-refractivity contribution in [2.75, 3.05) is 5.73 Å². The summed E-state index contributed by atoms with van der Waals surface area (Å²) in [6.45, 7) is 1.67. The maximum Gasteiger partial charge on any atom is 0.254 e. The molecule has 0 aliphatic rings. The lowest BCUT2D eigenvalue weighted by atomic mass is 10.2. The van der Waals surface area contributed by atoms with Crippen LogP contribution < -0.4 is 11.5 Å². The predicted molar refractivity (Wildman–Crippen MR) is 60.8 cm³/mol. The van der Waals surface area contributed by atoms with Gasteiger partial charge in [0.2, 0.25) is 0 Å². The molecule has 82 valence electrons.